The third-order valence-electron chi connectivity index (χ3n) is 6.42. The number of hydrogen-bond acceptors (Lipinski definition) is 6. The molecule has 0 spiro atoms. The Morgan fingerprint density at radius 2 is 1.80 bits per heavy atom. The van der Waals surface area contributed by atoms with Gasteiger partial charge in [-0.05, 0) is 67.5 Å². The van der Waals surface area contributed by atoms with Gasteiger partial charge in [-0.2, -0.15) is 0 Å². The van der Waals surface area contributed by atoms with Crippen LogP contribution in [-0.4, -0.2) is 37.2 Å². The number of imidazole rings is 1. The Labute approximate surface area is 208 Å². The predicted octanol–water partition coefficient (Wildman–Crippen LogP) is 5.77. The first-order valence-electron chi connectivity index (χ1n) is 11.8. The van der Waals surface area contributed by atoms with Crippen molar-refractivity contribution in [3.63, 3.8) is 0 Å². The molecule has 7 nitrogen and oxygen atoms in total. The summed E-state index contributed by atoms with van der Waals surface area (Å²) in [5.41, 5.74) is 5.23. The van der Waals surface area contributed by atoms with E-state index in [0.29, 0.717) is 30.1 Å². The van der Waals surface area contributed by atoms with Gasteiger partial charge in [0.25, 0.3) is 0 Å². The van der Waals surface area contributed by atoms with Crippen molar-refractivity contribution in [2.45, 2.75) is 38.5 Å². The lowest BCUT2D eigenvalue weighted by Gasteiger charge is -2.14. The van der Waals surface area contributed by atoms with Crippen LogP contribution in [0.1, 0.15) is 35.3 Å². The summed E-state index contributed by atoms with van der Waals surface area (Å²) in [6, 6.07) is 11.8. The summed E-state index contributed by atoms with van der Waals surface area (Å²) in [7, 11) is 4.76. The molecule has 2 aromatic heterocycles. The molecule has 1 aliphatic rings. The molecule has 2 aromatic carbocycles. The van der Waals surface area contributed by atoms with Crippen molar-refractivity contribution in [2.75, 3.05) is 26.6 Å². The number of aromatic nitrogens is 2. The number of nitrogens with one attached hydrogen (secondary N) is 2. The highest BCUT2D eigenvalue weighted by molar-refractivity contribution is 7.17. The number of rotatable bonds is 8. The minimum atomic E-state index is -0.0327. The summed E-state index contributed by atoms with van der Waals surface area (Å²) in [5.74, 6) is 2.50. The van der Waals surface area contributed by atoms with E-state index >= 15 is 0 Å². The Balaban J connectivity index is 1.39. The number of carbonyl (C=O) groups is 1. The molecule has 0 saturated heterocycles. The number of aromatic amines is 1. The molecule has 4 aromatic rings. The number of nitrogens with zero attached hydrogens (tertiary/aromatic N) is 1. The second-order valence-electron chi connectivity index (χ2n) is 8.60. The number of para-hydroxylation sites is 2. The Morgan fingerprint density at radius 1 is 1.06 bits per heavy atom. The largest absolute Gasteiger partial charge is 0.493 e. The van der Waals surface area contributed by atoms with Crippen LogP contribution in [0, 0.1) is 0 Å². The first-order chi connectivity index (χ1) is 17.1. The molecule has 2 heterocycles. The fourth-order valence-electron chi connectivity index (χ4n) is 4.70. The van der Waals surface area contributed by atoms with Gasteiger partial charge in [-0.3, -0.25) is 4.79 Å². The van der Waals surface area contributed by atoms with Crippen molar-refractivity contribution < 1.29 is 19.0 Å². The lowest BCUT2D eigenvalue weighted by atomic mass is 9.95. The van der Waals surface area contributed by atoms with Crippen LogP contribution in [0.2, 0.25) is 0 Å². The summed E-state index contributed by atoms with van der Waals surface area (Å²) in [6.45, 7) is 0. The highest BCUT2D eigenvalue weighted by Crippen LogP contribution is 2.44. The van der Waals surface area contributed by atoms with E-state index in [0.717, 1.165) is 52.2 Å². The fourth-order valence-corrected chi connectivity index (χ4v) is 6.01. The van der Waals surface area contributed by atoms with Crippen LogP contribution in [-0.2, 0) is 24.1 Å². The number of amides is 1. The van der Waals surface area contributed by atoms with Crippen LogP contribution >= 0.6 is 11.3 Å². The van der Waals surface area contributed by atoms with E-state index in [9.17, 15) is 4.79 Å². The number of methoxy groups -OCH3 is 3. The normalized spacial score (nSPS) is 12.9. The Hall–Kier alpha value is -3.52. The number of H-pyrrole nitrogens is 1. The van der Waals surface area contributed by atoms with Crippen LogP contribution in [0.3, 0.4) is 0 Å². The molecule has 1 amide bonds. The van der Waals surface area contributed by atoms with Crippen molar-refractivity contribution in [1.29, 1.82) is 0 Å². The van der Waals surface area contributed by atoms with Gasteiger partial charge in [0, 0.05) is 11.3 Å². The van der Waals surface area contributed by atoms with Crippen LogP contribution in [0.25, 0.3) is 22.4 Å². The topological polar surface area (TPSA) is 85.5 Å². The maximum Gasteiger partial charge on any atom is 0.225 e. The minimum Gasteiger partial charge on any atom is -0.493 e. The average molecular weight is 492 g/mol. The quantitative estimate of drug-likeness (QED) is 0.327. The fraction of sp³-hybridized carbons (Fsp3) is 0.333. The van der Waals surface area contributed by atoms with Gasteiger partial charge >= 0.3 is 0 Å². The zero-order valence-electron chi connectivity index (χ0n) is 20.2. The molecule has 1 aliphatic carbocycles. The number of benzene rings is 2. The van der Waals surface area contributed by atoms with Crippen LogP contribution in [0.5, 0.6) is 17.2 Å². The molecule has 5 rings (SSSR count). The number of anilines is 1. The van der Waals surface area contributed by atoms with Crippen LogP contribution < -0.4 is 19.5 Å². The SMILES string of the molecule is COc1cc(CCC(=O)Nc2sc3c(c2-c2nc4ccccc4[nH]2)CCCC3)cc(OC)c1OC. The third-order valence-corrected chi connectivity index (χ3v) is 7.62. The molecule has 0 aliphatic heterocycles. The van der Waals surface area contributed by atoms with E-state index in [2.05, 4.69) is 10.3 Å². The Bertz CT molecular complexity index is 1320. The van der Waals surface area contributed by atoms with Crippen molar-refractivity contribution in [2.24, 2.45) is 0 Å². The molecule has 0 unspecified atom stereocenters. The van der Waals surface area contributed by atoms with Gasteiger partial charge in [0.2, 0.25) is 11.7 Å². The zero-order chi connectivity index (χ0) is 24.4. The second-order valence-corrected chi connectivity index (χ2v) is 9.70. The van der Waals surface area contributed by atoms with Crippen LogP contribution in [0.4, 0.5) is 5.00 Å². The highest BCUT2D eigenvalue weighted by Gasteiger charge is 2.25. The summed E-state index contributed by atoms with van der Waals surface area (Å²) in [5, 5.41) is 4.07. The second kappa shape index (κ2) is 10.00. The molecule has 182 valence electrons. The number of hydrogen-bond donors (Lipinski definition) is 2. The number of ether oxygens (including phenoxy) is 3. The molecule has 0 saturated carbocycles. The maximum absolute atomic E-state index is 13.1. The Morgan fingerprint density at radius 3 is 2.51 bits per heavy atom. The molecule has 0 radical (unpaired) electrons. The van der Waals surface area contributed by atoms with E-state index in [1.54, 1.807) is 32.7 Å². The molecule has 35 heavy (non-hydrogen) atoms. The molecule has 0 atom stereocenters. The maximum atomic E-state index is 13.1. The van der Waals surface area contributed by atoms with Gasteiger partial charge in [-0.15, -0.1) is 11.3 Å². The summed E-state index contributed by atoms with van der Waals surface area (Å²) in [6.07, 6.45) is 5.29. The van der Waals surface area contributed by atoms with E-state index in [-0.39, 0.29) is 5.91 Å². The monoisotopic (exact) mass is 491 g/mol. The number of aryl methyl sites for hydroxylation is 2. The molecule has 0 fully saturated rings. The van der Waals surface area contributed by atoms with Gasteiger partial charge in [0.05, 0.1) is 37.9 Å². The van der Waals surface area contributed by atoms with Gasteiger partial charge in [0.15, 0.2) is 11.5 Å². The highest BCUT2D eigenvalue weighted by atomic mass is 32.1. The van der Waals surface area contributed by atoms with Gasteiger partial charge < -0.3 is 24.5 Å². The average Bonchev–Trinajstić information content (AvgIpc) is 3.47. The number of fused-ring (bicyclic) bond motifs is 2. The van der Waals surface area contributed by atoms with E-state index in [1.165, 1.54) is 16.9 Å². The molecule has 0 bridgehead atoms. The lowest BCUT2D eigenvalue weighted by molar-refractivity contribution is -0.116. The summed E-state index contributed by atoms with van der Waals surface area (Å²) in [4.78, 5) is 22.7. The summed E-state index contributed by atoms with van der Waals surface area (Å²) >= 11 is 1.69. The molecule has 2 N–H and O–H groups in total. The van der Waals surface area contributed by atoms with Crippen molar-refractivity contribution in [3.8, 4) is 28.6 Å². The van der Waals surface area contributed by atoms with Crippen molar-refractivity contribution in [1.82, 2.24) is 9.97 Å². The standard InChI is InChI=1S/C27H29N3O4S/c1-32-20-14-16(15-21(33-2)25(20)34-3)12-13-23(31)30-27-24(17-8-4-7-11-22(17)35-27)26-28-18-9-5-6-10-19(18)29-26/h5-6,9-10,14-15H,4,7-8,11-13H2,1-3H3,(H,28,29)(H,30,31). The Kier molecular flexibility index (Phi) is 6.63. The molecule has 8 heteroatoms. The first kappa shape index (κ1) is 23.2. The van der Waals surface area contributed by atoms with Crippen molar-refractivity contribution >= 4 is 33.3 Å². The van der Waals surface area contributed by atoms with E-state index in [1.807, 2.05) is 36.4 Å². The van der Waals surface area contributed by atoms with Crippen LogP contribution in [0.15, 0.2) is 36.4 Å². The van der Waals surface area contributed by atoms with E-state index < -0.39 is 0 Å². The number of thiophene rings is 1. The van der Waals surface area contributed by atoms with Gasteiger partial charge in [0.1, 0.15) is 10.8 Å². The zero-order valence-corrected chi connectivity index (χ0v) is 21.0. The predicted molar refractivity (Wildman–Crippen MR) is 139 cm³/mol. The van der Waals surface area contributed by atoms with Gasteiger partial charge in [-0.1, -0.05) is 12.1 Å². The number of carbonyl (C=O) groups excluding carboxylic acids is 1. The lowest BCUT2D eigenvalue weighted by Crippen LogP contribution is -2.12. The third kappa shape index (κ3) is 4.58. The van der Waals surface area contributed by atoms with Crippen molar-refractivity contribution in [3.05, 3.63) is 52.4 Å². The molecular formula is C27H29N3O4S. The summed E-state index contributed by atoms with van der Waals surface area (Å²) < 4.78 is 16.3. The van der Waals surface area contributed by atoms with Gasteiger partial charge in [-0.25, -0.2) is 4.98 Å². The van der Waals surface area contributed by atoms with E-state index in [4.69, 9.17) is 19.2 Å². The smallest absolute Gasteiger partial charge is 0.225 e. The molecular weight excluding hydrogens is 462 g/mol. The first-order valence-corrected chi connectivity index (χ1v) is 12.6. The minimum absolute atomic E-state index is 0.0327.